The van der Waals surface area contributed by atoms with Gasteiger partial charge in [0.2, 0.25) is 5.28 Å². The number of halogens is 3. The summed E-state index contributed by atoms with van der Waals surface area (Å²) in [4.78, 5) is 3.96. The molecule has 0 fully saturated rings. The van der Waals surface area contributed by atoms with E-state index in [0.717, 1.165) is 12.1 Å². The summed E-state index contributed by atoms with van der Waals surface area (Å²) in [6.07, 6.45) is 0. The van der Waals surface area contributed by atoms with E-state index in [1.165, 1.54) is 0 Å². The van der Waals surface area contributed by atoms with E-state index >= 15 is 0 Å². The molecule has 0 aliphatic heterocycles. The van der Waals surface area contributed by atoms with Crippen molar-refractivity contribution in [1.82, 2.24) is 9.55 Å². The third-order valence-electron chi connectivity index (χ3n) is 2.20. The van der Waals surface area contributed by atoms with E-state index in [2.05, 4.69) is 4.98 Å². The highest BCUT2D eigenvalue weighted by Gasteiger charge is 2.14. The Morgan fingerprint density at radius 3 is 2.47 bits per heavy atom. The van der Waals surface area contributed by atoms with E-state index in [1.54, 1.807) is 4.57 Å². The number of aromatic nitrogens is 2. The van der Waals surface area contributed by atoms with Crippen LogP contribution in [0.4, 0.5) is 8.78 Å². The number of fused-ring (bicyclic) bond motifs is 1. The summed E-state index contributed by atoms with van der Waals surface area (Å²) in [5.41, 5.74) is 0.876. The van der Waals surface area contributed by atoms with Gasteiger partial charge in [0.25, 0.3) is 0 Å². The lowest BCUT2D eigenvalue weighted by Crippen LogP contribution is -2.00. The summed E-state index contributed by atoms with van der Waals surface area (Å²) >= 11 is 5.87. The second kappa shape index (κ2) is 3.45. The molecule has 0 bridgehead atoms. The van der Waals surface area contributed by atoms with Gasteiger partial charge in [-0.15, -0.1) is 0 Å². The van der Waals surface area contributed by atoms with Gasteiger partial charge < -0.3 is 4.57 Å². The van der Waals surface area contributed by atoms with Crippen LogP contribution in [0.25, 0.3) is 11.0 Å². The molecule has 0 aliphatic rings. The second-order valence-electron chi connectivity index (χ2n) is 3.60. The molecule has 0 radical (unpaired) electrons. The summed E-state index contributed by atoms with van der Waals surface area (Å²) in [5, 5.41) is 0.241. The minimum atomic E-state index is -0.910. The fourth-order valence-electron chi connectivity index (χ4n) is 1.55. The molecule has 0 spiro atoms. The Kier molecular flexibility index (Phi) is 2.38. The summed E-state index contributed by atoms with van der Waals surface area (Å²) in [6.45, 7) is 3.79. The molecule has 2 nitrogen and oxygen atoms in total. The van der Waals surface area contributed by atoms with Gasteiger partial charge in [-0.1, -0.05) is 0 Å². The van der Waals surface area contributed by atoms with Crippen LogP contribution in [0.2, 0.25) is 5.28 Å². The minimum Gasteiger partial charge on any atom is -0.312 e. The SMILES string of the molecule is CC(C)n1c(Cl)nc2cc(F)c(F)cc21. The molecule has 0 saturated carbocycles. The maximum absolute atomic E-state index is 13.0. The van der Waals surface area contributed by atoms with Gasteiger partial charge in [0, 0.05) is 18.2 Å². The molecule has 1 aromatic heterocycles. The third-order valence-corrected chi connectivity index (χ3v) is 2.47. The highest BCUT2D eigenvalue weighted by Crippen LogP contribution is 2.25. The second-order valence-corrected chi connectivity index (χ2v) is 3.94. The van der Waals surface area contributed by atoms with E-state index in [1.807, 2.05) is 13.8 Å². The standard InChI is InChI=1S/C10H9ClF2N2/c1-5(2)15-9-4-7(13)6(12)3-8(9)14-10(15)11/h3-5H,1-2H3. The summed E-state index contributed by atoms with van der Waals surface area (Å²) < 4.78 is 27.6. The number of hydrogen-bond acceptors (Lipinski definition) is 1. The highest BCUT2D eigenvalue weighted by molar-refractivity contribution is 6.29. The molecular weight excluding hydrogens is 222 g/mol. The predicted octanol–water partition coefficient (Wildman–Crippen LogP) is 3.55. The first-order valence-electron chi connectivity index (χ1n) is 4.53. The van der Waals surface area contributed by atoms with Crippen LogP contribution in [0.3, 0.4) is 0 Å². The van der Waals surface area contributed by atoms with Crippen LogP contribution in [-0.2, 0) is 0 Å². The Morgan fingerprint density at radius 1 is 1.27 bits per heavy atom. The largest absolute Gasteiger partial charge is 0.312 e. The molecule has 1 aromatic carbocycles. The first kappa shape index (κ1) is 10.4. The Hall–Kier alpha value is -1.16. The van der Waals surface area contributed by atoms with Crippen molar-refractivity contribution in [2.24, 2.45) is 0 Å². The molecule has 2 aromatic rings. The monoisotopic (exact) mass is 230 g/mol. The first-order chi connectivity index (χ1) is 7.00. The quantitative estimate of drug-likeness (QED) is 0.733. The zero-order valence-electron chi connectivity index (χ0n) is 8.26. The van der Waals surface area contributed by atoms with Gasteiger partial charge in [-0.3, -0.25) is 0 Å². The van der Waals surface area contributed by atoms with Gasteiger partial charge in [-0.05, 0) is 25.4 Å². The number of benzene rings is 1. The molecule has 80 valence electrons. The lowest BCUT2D eigenvalue weighted by atomic mass is 10.2. The van der Waals surface area contributed by atoms with E-state index in [9.17, 15) is 8.78 Å². The van der Waals surface area contributed by atoms with Crippen LogP contribution < -0.4 is 0 Å². The van der Waals surface area contributed by atoms with Crippen LogP contribution in [0.5, 0.6) is 0 Å². The number of hydrogen-bond donors (Lipinski definition) is 0. The molecule has 1 heterocycles. The van der Waals surface area contributed by atoms with Crippen LogP contribution >= 0.6 is 11.6 Å². The molecule has 5 heteroatoms. The third kappa shape index (κ3) is 1.59. The minimum absolute atomic E-state index is 0.0485. The van der Waals surface area contributed by atoms with E-state index in [0.29, 0.717) is 11.0 Å². The topological polar surface area (TPSA) is 17.8 Å². The number of imidazole rings is 1. The Labute approximate surface area is 90.5 Å². The van der Waals surface area contributed by atoms with Gasteiger partial charge in [0.1, 0.15) is 0 Å². The summed E-state index contributed by atoms with van der Waals surface area (Å²) in [5.74, 6) is -1.80. The van der Waals surface area contributed by atoms with Crippen molar-refractivity contribution < 1.29 is 8.78 Å². The van der Waals surface area contributed by atoms with Crippen LogP contribution in [-0.4, -0.2) is 9.55 Å². The lowest BCUT2D eigenvalue weighted by molar-refractivity contribution is 0.509. The maximum Gasteiger partial charge on any atom is 0.204 e. The molecule has 2 rings (SSSR count). The number of rotatable bonds is 1. The fourth-order valence-corrected chi connectivity index (χ4v) is 1.93. The number of nitrogens with zero attached hydrogens (tertiary/aromatic N) is 2. The van der Waals surface area contributed by atoms with Gasteiger partial charge in [0.05, 0.1) is 11.0 Å². The maximum atomic E-state index is 13.0. The van der Waals surface area contributed by atoms with E-state index in [-0.39, 0.29) is 11.3 Å². The van der Waals surface area contributed by atoms with E-state index in [4.69, 9.17) is 11.6 Å². The van der Waals surface area contributed by atoms with Gasteiger partial charge in [-0.25, -0.2) is 13.8 Å². The molecule has 0 unspecified atom stereocenters. The van der Waals surface area contributed by atoms with Crippen LogP contribution in [0.15, 0.2) is 12.1 Å². The molecule has 0 aliphatic carbocycles. The van der Waals surface area contributed by atoms with Crippen molar-refractivity contribution in [2.75, 3.05) is 0 Å². The van der Waals surface area contributed by atoms with Crippen LogP contribution in [0, 0.1) is 11.6 Å². The Morgan fingerprint density at radius 2 is 1.87 bits per heavy atom. The lowest BCUT2D eigenvalue weighted by Gasteiger charge is -2.09. The van der Waals surface area contributed by atoms with Crippen LogP contribution in [0.1, 0.15) is 19.9 Å². The van der Waals surface area contributed by atoms with Gasteiger partial charge in [0.15, 0.2) is 11.6 Å². The average molecular weight is 231 g/mol. The Bertz CT molecular complexity index is 520. The highest BCUT2D eigenvalue weighted by atomic mass is 35.5. The van der Waals surface area contributed by atoms with Crippen molar-refractivity contribution >= 4 is 22.6 Å². The zero-order valence-corrected chi connectivity index (χ0v) is 9.02. The predicted molar refractivity (Wildman–Crippen MR) is 55.0 cm³/mol. The smallest absolute Gasteiger partial charge is 0.204 e. The molecule has 0 saturated heterocycles. The molecule has 0 amide bonds. The fraction of sp³-hybridized carbons (Fsp3) is 0.300. The summed E-state index contributed by atoms with van der Waals surface area (Å²) in [7, 11) is 0. The molecule has 0 N–H and O–H groups in total. The Balaban J connectivity index is 2.81. The van der Waals surface area contributed by atoms with Crippen molar-refractivity contribution in [3.05, 3.63) is 29.1 Å². The van der Waals surface area contributed by atoms with Crippen molar-refractivity contribution in [3.8, 4) is 0 Å². The van der Waals surface area contributed by atoms with Crippen molar-refractivity contribution in [3.63, 3.8) is 0 Å². The molecule has 0 atom stereocenters. The summed E-state index contributed by atoms with van der Waals surface area (Å²) in [6, 6.07) is 2.21. The molecular formula is C10H9ClF2N2. The van der Waals surface area contributed by atoms with E-state index < -0.39 is 11.6 Å². The molecule has 15 heavy (non-hydrogen) atoms. The van der Waals surface area contributed by atoms with Gasteiger partial charge in [-0.2, -0.15) is 0 Å². The van der Waals surface area contributed by atoms with Crippen molar-refractivity contribution in [1.29, 1.82) is 0 Å². The first-order valence-corrected chi connectivity index (χ1v) is 4.91. The average Bonchev–Trinajstić information content (AvgIpc) is 2.41. The van der Waals surface area contributed by atoms with Gasteiger partial charge >= 0.3 is 0 Å². The zero-order chi connectivity index (χ0) is 11.2. The normalized spacial score (nSPS) is 11.6. The van der Waals surface area contributed by atoms with Crippen molar-refractivity contribution in [2.45, 2.75) is 19.9 Å².